The number of imidazole rings is 1. The van der Waals surface area contributed by atoms with Gasteiger partial charge in [-0.25, -0.2) is 4.98 Å². The number of nitrogens with zero attached hydrogens (tertiary/aromatic N) is 3. The third kappa shape index (κ3) is 5.42. The molecule has 0 saturated carbocycles. The Morgan fingerprint density at radius 1 is 0.825 bits per heavy atom. The molecule has 0 atom stereocenters. The van der Waals surface area contributed by atoms with Gasteiger partial charge in [0.25, 0.3) is 5.91 Å². The standard InChI is InChI=1S/C32H26N4O4/c37-30(34-32-33-27(24-12-6-2-7-13-24)20-36(32)26-14-8-3-9-15-26)21-35(19-23-10-4-1-5-11-23)31(38)25-16-17-28-29(18-25)40-22-39-28/h1-18,20H,19,21-22H2,(H,33,34,37). The number of amides is 2. The number of anilines is 1. The molecule has 40 heavy (non-hydrogen) atoms. The van der Waals surface area contributed by atoms with Crippen molar-refractivity contribution in [2.24, 2.45) is 0 Å². The van der Waals surface area contributed by atoms with E-state index in [1.165, 1.54) is 4.90 Å². The highest BCUT2D eigenvalue weighted by molar-refractivity contribution is 5.99. The molecule has 0 saturated heterocycles. The molecule has 0 unspecified atom stereocenters. The van der Waals surface area contributed by atoms with E-state index < -0.39 is 0 Å². The first-order valence-corrected chi connectivity index (χ1v) is 12.9. The molecule has 2 heterocycles. The summed E-state index contributed by atoms with van der Waals surface area (Å²) in [5.41, 5.74) is 3.81. The van der Waals surface area contributed by atoms with Crippen molar-refractivity contribution in [3.05, 3.63) is 127 Å². The van der Waals surface area contributed by atoms with Crippen molar-refractivity contribution in [1.29, 1.82) is 0 Å². The molecular weight excluding hydrogens is 504 g/mol. The van der Waals surface area contributed by atoms with Crippen molar-refractivity contribution in [1.82, 2.24) is 14.5 Å². The fourth-order valence-electron chi connectivity index (χ4n) is 4.55. The first kappa shape index (κ1) is 24.9. The largest absolute Gasteiger partial charge is 0.454 e. The number of carbonyl (C=O) groups excluding carboxylic acids is 2. The van der Waals surface area contributed by atoms with E-state index in [9.17, 15) is 9.59 Å². The van der Waals surface area contributed by atoms with E-state index in [1.54, 1.807) is 18.2 Å². The Morgan fingerprint density at radius 2 is 1.50 bits per heavy atom. The maximum Gasteiger partial charge on any atom is 0.254 e. The first-order valence-electron chi connectivity index (χ1n) is 12.9. The van der Waals surface area contributed by atoms with Crippen molar-refractivity contribution in [2.75, 3.05) is 18.7 Å². The van der Waals surface area contributed by atoms with Crippen LogP contribution < -0.4 is 14.8 Å². The quantitative estimate of drug-likeness (QED) is 0.284. The van der Waals surface area contributed by atoms with Crippen LogP contribution in [0, 0.1) is 0 Å². The lowest BCUT2D eigenvalue weighted by Crippen LogP contribution is -2.38. The molecule has 1 N–H and O–H groups in total. The number of hydrogen-bond acceptors (Lipinski definition) is 5. The van der Waals surface area contributed by atoms with E-state index in [-0.39, 0.29) is 31.7 Å². The fraction of sp³-hybridized carbons (Fsp3) is 0.0938. The molecule has 198 valence electrons. The van der Waals surface area contributed by atoms with Crippen LogP contribution in [-0.2, 0) is 11.3 Å². The van der Waals surface area contributed by atoms with Gasteiger partial charge >= 0.3 is 0 Å². The van der Waals surface area contributed by atoms with Gasteiger partial charge in [-0.15, -0.1) is 0 Å². The SMILES string of the molecule is O=C(CN(Cc1ccccc1)C(=O)c1ccc2c(c1)OCO2)Nc1nc(-c2ccccc2)cn1-c1ccccc1. The summed E-state index contributed by atoms with van der Waals surface area (Å²) in [6, 6.07) is 34.0. The lowest BCUT2D eigenvalue weighted by Gasteiger charge is -2.22. The zero-order chi connectivity index (χ0) is 27.3. The summed E-state index contributed by atoms with van der Waals surface area (Å²) < 4.78 is 12.7. The number of carbonyl (C=O) groups is 2. The zero-order valence-electron chi connectivity index (χ0n) is 21.6. The summed E-state index contributed by atoms with van der Waals surface area (Å²) in [6.45, 7) is 0.191. The van der Waals surface area contributed by atoms with Crippen molar-refractivity contribution < 1.29 is 19.1 Å². The lowest BCUT2D eigenvalue weighted by molar-refractivity contribution is -0.117. The number of aromatic nitrogens is 2. The second kappa shape index (κ2) is 11.2. The number of benzene rings is 4. The summed E-state index contributed by atoms with van der Waals surface area (Å²) in [7, 11) is 0. The molecule has 1 aromatic heterocycles. The van der Waals surface area contributed by atoms with Crippen molar-refractivity contribution in [3.8, 4) is 28.4 Å². The minimum absolute atomic E-state index is 0.113. The number of para-hydroxylation sites is 1. The van der Waals surface area contributed by atoms with E-state index in [1.807, 2.05) is 102 Å². The Labute approximate surface area is 231 Å². The summed E-state index contributed by atoms with van der Waals surface area (Å²) in [5, 5.41) is 2.94. The minimum Gasteiger partial charge on any atom is -0.454 e. The average Bonchev–Trinajstić information content (AvgIpc) is 3.65. The minimum atomic E-state index is -0.368. The summed E-state index contributed by atoms with van der Waals surface area (Å²) in [5.74, 6) is 0.797. The van der Waals surface area contributed by atoms with Crippen LogP contribution in [-0.4, -0.2) is 39.6 Å². The Kier molecular flexibility index (Phi) is 6.96. The molecule has 5 aromatic rings. The molecule has 4 aromatic carbocycles. The molecule has 0 spiro atoms. The number of rotatable bonds is 8. The predicted octanol–water partition coefficient (Wildman–Crippen LogP) is 5.55. The van der Waals surface area contributed by atoms with Gasteiger partial charge in [-0.1, -0.05) is 78.9 Å². The van der Waals surface area contributed by atoms with Gasteiger partial charge in [0.1, 0.15) is 6.54 Å². The molecule has 0 aliphatic carbocycles. The number of ether oxygens (including phenoxy) is 2. The van der Waals surface area contributed by atoms with E-state index in [2.05, 4.69) is 5.32 Å². The van der Waals surface area contributed by atoms with Crippen molar-refractivity contribution >= 4 is 17.8 Å². The van der Waals surface area contributed by atoms with Gasteiger partial charge in [0.15, 0.2) is 11.5 Å². The number of nitrogens with one attached hydrogen (secondary N) is 1. The second-order valence-corrected chi connectivity index (χ2v) is 9.28. The van der Waals surface area contributed by atoms with Crippen molar-refractivity contribution in [3.63, 3.8) is 0 Å². The van der Waals surface area contributed by atoms with Crippen LogP contribution in [0.15, 0.2) is 115 Å². The van der Waals surface area contributed by atoms with Crippen LogP contribution >= 0.6 is 0 Å². The highest BCUT2D eigenvalue weighted by Gasteiger charge is 2.23. The van der Waals surface area contributed by atoms with Gasteiger partial charge in [-0.3, -0.25) is 19.5 Å². The van der Waals surface area contributed by atoms with E-state index in [4.69, 9.17) is 14.5 Å². The van der Waals surface area contributed by atoms with Crippen LogP contribution in [0.3, 0.4) is 0 Å². The zero-order valence-corrected chi connectivity index (χ0v) is 21.6. The van der Waals surface area contributed by atoms with E-state index >= 15 is 0 Å². The Morgan fingerprint density at radius 3 is 2.25 bits per heavy atom. The first-order chi connectivity index (χ1) is 19.6. The van der Waals surface area contributed by atoms with Crippen LogP contribution in [0.5, 0.6) is 11.5 Å². The highest BCUT2D eigenvalue weighted by atomic mass is 16.7. The summed E-state index contributed by atoms with van der Waals surface area (Å²) >= 11 is 0. The van der Waals surface area contributed by atoms with Crippen LogP contribution in [0.25, 0.3) is 16.9 Å². The topological polar surface area (TPSA) is 85.7 Å². The molecule has 0 bridgehead atoms. The number of fused-ring (bicyclic) bond motifs is 1. The third-order valence-corrected chi connectivity index (χ3v) is 6.52. The Bertz CT molecular complexity index is 1640. The van der Waals surface area contributed by atoms with Crippen molar-refractivity contribution in [2.45, 2.75) is 6.54 Å². The smallest absolute Gasteiger partial charge is 0.254 e. The predicted molar refractivity (Wildman–Crippen MR) is 151 cm³/mol. The normalized spacial score (nSPS) is 11.7. The maximum absolute atomic E-state index is 13.6. The van der Waals surface area contributed by atoms with Crippen LogP contribution in [0.1, 0.15) is 15.9 Å². The maximum atomic E-state index is 13.6. The van der Waals surface area contributed by atoms with E-state index in [0.29, 0.717) is 23.0 Å². The molecule has 1 aliphatic rings. The van der Waals surface area contributed by atoms with Gasteiger partial charge in [-0.2, -0.15) is 0 Å². The summed E-state index contributed by atoms with van der Waals surface area (Å²) in [6.07, 6.45) is 1.89. The molecular formula is C32H26N4O4. The van der Waals surface area contributed by atoms with Gasteiger partial charge in [0, 0.05) is 29.6 Å². The van der Waals surface area contributed by atoms with Gasteiger partial charge < -0.3 is 14.4 Å². The Hall–Kier alpha value is -5.37. The molecule has 8 nitrogen and oxygen atoms in total. The second-order valence-electron chi connectivity index (χ2n) is 9.28. The van der Waals surface area contributed by atoms with Gasteiger partial charge in [0.2, 0.25) is 18.6 Å². The lowest BCUT2D eigenvalue weighted by atomic mass is 10.1. The fourth-order valence-corrected chi connectivity index (χ4v) is 4.55. The molecule has 0 radical (unpaired) electrons. The molecule has 8 heteroatoms. The molecule has 1 aliphatic heterocycles. The molecule has 0 fully saturated rings. The highest BCUT2D eigenvalue weighted by Crippen LogP contribution is 2.33. The molecule has 6 rings (SSSR count). The summed E-state index contributed by atoms with van der Waals surface area (Å²) in [4.78, 5) is 33.3. The monoisotopic (exact) mass is 530 g/mol. The van der Waals surface area contributed by atoms with E-state index in [0.717, 1.165) is 22.5 Å². The van der Waals surface area contributed by atoms with Crippen LogP contribution in [0.2, 0.25) is 0 Å². The molecule has 2 amide bonds. The average molecular weight is 531 g/mol. The van der Waals surface area contributed by atoms with Crippen LogP contribution in [0.4, 0.5) is 5.95 Å². The Balaban J connectivity index is 1.28. The van der Waals surface area contributed by atoms with Gasteiger partial charge in [0.05, 0.1) is 5.69 Å². The third-order valence-electron chi connectivity index (χ3n) is 6.52. The number of hydrogen-bond donors (Lipinski definition) is 1. The van der Waals surface area contributed by atoms with Gasteiger partial charge in [-0.05, 0) is 35.9 Å².